The van der Waals surface area contributed by atoms with Crippen LogP contribution in [-0.2, 0) is 16.6 Å². The van der Waals surface area contributed by atoms with Crippen molar-refractivity contribution >= 4 is 28.1 Å². The summed E-state index contributed by atoms with van der Waals surface area (Å²) in [5.74, 6) is 0.983. The number of hydrogen-bond acceptors (Lipinski definition) is 7. The second kappa shape index (κ2) is 15.8. The maximum atomic E-state index is 13.4. The van der Waals surface area contributed by atoms with E-state index < -0.39 is 6.10 Å². The number of pyridine rings is 1. The average Bonchev–Trinajstić information content (AvgIpc) is 3.66. The summed E-state index contributed by atoms with van der Waals surface area (Å²) in [4.78, 5) is 29.7. The Labute approximate surface area is 291 Å². The number of thiophene rings is 1. The molecule has 1 unspecified atom stereocenters. The molecule has 0 radical (unpaired) electrons. The summed E-state index contributed by atoms with van der Waals surface area (Å²) in [7, 11) is 0. The molecule has 1 aliphatic rings. The number of hydrogen-bond donors (Lipinski definition) is 4. The van der Waals surface area contributed by atoms with Crippen molar-refractivity contribution in [2.24, 2.45) is 0 Å². The van der Waals surface area contributed by atoms with Crippen molar-refractivity contribution in [3.63, 3.8) is 0 Å². The van der Waals surface area contributed by atoms with E-state index in [-0.39, 0.29) is 22.6 Å². The molecule has 4 N–H and O–H groups in total. The number of aliphatic hydroxyl groups is 1. The monoisotopic (exact) mass is 679 g/mol. The van der Waals surface area contributed by atoms with Crippen LogP contribution in [0.25, 0.3) is 22.0 Å². The van der Waals surface area contributed by atoms with Crippen LogP contribution in [0.3, 0.4) is 0 Å². The quantitative estimate of drug-likeness (QED) is 0.0945. The molecule has 6 rings (SSSR count). The molecule has 256 valence electrons. The van der Waals surface area contributed by atoms with E-state index in [2.05, 4.69) is 70.4 Å². The van der Waals surface area contributed by atoms with Crippen LogP contribution in [0.15, 0.2) is 94.4 Å². The maximum Gasteiger partial charge on any atom is 0.248 e. The first kappa shape index (κ1) is 34.4. The van der Waals surface area contributed by atoms with E-state index in [1.165, 1.54) is 17.7 Å². The van der Waals surface area contributed by atoms with E-state index in [1.54, 1.807) is 23.5 Å². The molecular weight excluding hydrogens is 635 g/mol. The lowest BCUT2D eigenvalue weighted by molar-refractivity contribution is -0.132. The number of aromatic nitrogens is 1. The van der Waals surface area contributed by atoms with Crippen molar-refractivity contribution in [3.05, 3.63) is 117 Å². The Bertz CT molecular complexity index is 1900. The number of nitrogens with zero attached hydrogens (tertiary/aromatic N) is 1. The van der Waals surface area contributed by atoms with Crippen LogP contribution in [-0.4, -0.2) is 58.8 Å². The summed E-state index contributed by atoms with van der Waals surface area (Å²) < 4.78 is 6.27. The average molecular weight is 680 g/mol. The molecule has 1 amide bonds. The molecule has 5 aromatic rings. The number of phenols is 1. The molecule has 8 nitrogen and oxygen atoms in total. The molecule has 2 aromatic heterocycles. The van der Waals surface area contributed by atoms with Crippen molar-refractivity contribution < 1.29 is 19.7 Å². The molecule has 3 heterocycles. The van der Waals surface area contributed by atoms with Gasteiger partial charge in [-0.1, -0.05) is 49.4 Å². The Morgan fingerprint density at radius 2 is 1.84 bits per heavy atom. The van der Waals surface area contributed by atoms with Gasteiger partial charge in [-0.3, -0.25) is 9.59 Å². The number of H-pyrrole nitrogens is 1. The number of amides is 1. The smallest absolute Gasteiger partial charge is 0.248 e. The molecule has 3 aromatic carbocycles. The SMILES string of the molecule is CC1(c2ccccc2)CCN(C(=O)Cc2ccc(OCCCCCNCC(O)c3ccc(O)c4[nH]c(=O)ccc34)c(-c3ccsc3)c2)CC1. The summed E-state index contributed by atoms with van der Waals surface area (Å²) in [6.45, 7) is 5.56. The number of carbonyl (C=O) groups excluding carboxylic acids is 1. The van der Waals surface area contributed by atoms with Crippen LogP contribution in [0.2, 0.25) is 0 Å². The molecule has 1 atom stereocenters. The van der Waals surface area contributed by atoms with Crippen molar-refractivity contribution in [3.8, 4) is 22.6 Å². The van der Waals surface area contributed by atoms with Gasteiger partial charge < -0.3 is 30.2 Å². The van der Waals surface area contributed by atoms with Crippen molar-refractivity contribution in [1.82, 2.24) is 15.2 Å². The standard InChI is InChI=1S/C40H45N3O5S/c1-40(30-8-4-2-5-9-30)17-20-43(21-18-40)38(47)25-28-10-14-36(33(24-28)29-16-23-49-27-29)48-22-7-3-6-19-41-26-35(45)31-11-13-34(44)39-32(31)12-15-37(46)42-39/h2,4-5,8-16,23-24,27,35,41,44-45H,3,6-7,17-22,25-26H2,1H3,(H,42,46). The van der Waals surface area contributed by atoms with Gasteiger partial charge in [-0.2, -0.15) is 11.3 Å². The minimum Gasteiger partial charge on any atom is -0.506 e. The molecule has 1 aliphatic heterocycles. The number of piperidine rings is 1. The predicted molar refractivity (Wildman–Crippen MR) is 196 cm³/mol. The molecule has 0 spiro atoms. The van der Waals surface area contributed by atoms with Crippen LogP contribution >= 0.6 is 11.3 Å². The topological polar surface area (TPSA) is 115 Å². The van der Waals surface area contributed by atoms with Crippen LogP contribution < -0.4 is 15.6 Å². The largest absolute Gasteiger partial charge is 0.506 e. The Balaban J connectivity index is 0.955. The summed E-state index contributed by atoms with van der Waals surface area (Å²) >= 11 is 1.64. The number of phenolic OH excluding ortho intramolecular Hbond substituents is 1. The third kappa shape index (κ3) is 8.41. The highest BCUT2D eigenvalue weighted by Crippen LogP contribution is 2.36. The highest BCUT2D eigenvalue weighted by molar-refractivity contribution is 7.08. The van der Waals surface area contributed by atoms with Gasteiger partial charge >= 0.3 is 0 Å². The first-order valence-electron chi connectivity index (χ1n) is 17.2. The molecule has 49 heavy (non-hydrogen) atoms. The zero-order valence-corrected chi connectivity index (χ0v) is 28.8. The number of rotatable bonds is 14. The fourth-order valence-electron chi connectivity index (χ4n) is 6.73. The van der Waals surface area contributed by atoms with Gasteiger partial charge in [-0.15, -0.1) is 0 Å². The maximum absolute atomic E-state index is 13.4. The first-order chi connectivity index (χ1) is 23.8. The molecule has 1 fully saturated rings. The number of carbonyl (C=O) groups is 1. The Morgan fingerprint density at radius 3 is 2.61 bits per heavy atom. The van der Waals surface area contributed by atoms with Gasteiger partial charge in [0.15, 0.2) is 0 Å². The molecule has 0 aliphatic carbocycles. The van der Waals surface area contributed by atoms with E-state index in [9.17, 15) is 19.8 Å². The minimum absolute atomic E-state index is 0.0210. The highest BCUT2D eigenvalue weighted by atomic mass is 32.1. The van der Waals surface area contributed by atoms with E-state index in [0.29, 0.717) is 36.0 Å². The van der Waals surface area contributed by atoms with Gasteiger partial charge in [0.25, 0.3) is 0 Å². The van der Waals surface area contributed by atoms with Crippen LogP contribution in [0.1, 0.15) is 61.8 Å². The van der Waals surface area contributed by atoms with Crippen molar-refractivity contribution in [2.75, 3.05) is 32.8 Å². The number of aromatic hydroxyl groups is 1. The number of nitrogens with one attached hydrogen (secondary N) is 2. The molecule has 0 saturated carbocycles. The van der Waals surface area contributed by atoms with E-state index in [4.69, 9.17) is 4.74 Å². The van der Waals surface area contributed by atoms with E-state index >= 15 is 0 Å². The molecular formula is C40H45N3O5S. The van der Waals surface area contributed by atoms with Gasteiger partial charge in [0, 0.05) is 36.7 Å². The molecule has 0 bridgehead atoms. The summed E-state index contributed by atoms with van der Waals surface area (Å²) in [6.07, 6.45) is 4.32. The van der Waals surface area contributed by atoms with Gasteiger partial charge in [-0.25, -0.2) is 0 Å². The van der Waals surface area contributed by atoms with Crippen molar-refractivity contribution in [1.29, 1.82) is 0 Å². The van der Waals surface area contributed by atoms with Crippen LogP contribution in [0.4, 0.5) is 0 Å². The van der Waals surface area contributed by atoms with Gasteiger partial charge in [-0.05, 0) is 107 Å². The minimum atomic E-state index is -0.776. The number of unbranched alkanes of at least 4 members (excludes halogenated alkanes) is 2. The predicted octanol–water partition coefficient (Wildman–Crippen LogP) is 6.96. The normalized spacial score (nSPS) is 14.9. The van der Waals surface area contributed by atoms with Crippen LogP contribution in [0, 0.1) is 0 Å². The fourth-order valence-corrected chi connectivity index (χ4v) is 7.39. The van der Waals surface area contributed by atoms with E-state index in [1.807, 2.05) is 17.0 Å². The lowest BCUT2D eigenvalue weighted by Gasteiger charge is -2.40. The molecule has 9 heteroatoms. The van der Waals surface area contributed by atoms with E-state index in [0.717, 1.165) is 74.2 Å². The number of ether oxygens (including phenoxy) is 1. The second-order valence-electron chi connectivity index (χ2n) is 13.2. The Kier molecular flexibility index (Phi) is 11.1. The van der Waals surface area contributed by atoms with Crippen molar-refractivity contribution in [2.45, 2.75) is 57.0 Å². The number of aliphatic hydroxyl groups excluding tert-OH is 1. The lowest BCUT2D eigenvalue weighted by Crippen LogP contribution is -2.44. The second-order valence-corrected chi connectivity index (χ2v) is 14.0. The summed E-state index contributed by atoms with van der Waals surface area (Å²) in [5, 5.41) is 29.0. The van der Waals surface area contributed by atoms with Gasteiger partial charge in [0.2, 0.25) is 11.5 Å². The number of benzene rings is 3. The van der Waals surface area contributed by atoms with Crippen LogP contribution in [0.5, 0.6) is 11.5 Å². The molecule has 1 saturated heterocycles. The number of likely N-dealkylation sites (tertiary alicyclic amines) is 1. The number of fused-ring (bicyclic) bond motifs is 1. The highest BCUT2D eigenvalue weighted by Gasteiger charge is 2.33. The lowest BCUT2D eigenvalue weighted by atomic mass is 9.74. The summed E-state index contributed by atoms with van der Waals surface area (Å²) in [6, 6.07) is 25.1. The number of aromatic amines is 1. The third-order valence-corrected chi connectivity index (χ3v) is 10.5. The third-order valence-electron chi connectivity index (χ3n) is 9.78. The Hall–Kier alpha value is -4.44. The summed E-state index contributed by atoms with van der Waals surface area (Å²) in [5.41, 5.74) is 5.26. The van der Waals surface area contributed by atoms with Gasteiger partial charge in [0.1, 0.15) is 11.5 Å². The Morgan fingerprint density at radius 1 is 1.02 bits per heavy atom. The fraction of sp³-hybridized carbons (Fsp3) is 0.350. The zero-order chi connectivity index (χ0) is 34.2. The van der Waals surface area contributed by atoms with Gasteiger partial charge in [0.05, 0.1) is 24.6 Å². The first-order valence-corrected chi connectivity index (χ1v) is 18.1. The zero-order valence-electron chi connectivity index (χ0n) is 28.0.